The van der Waals surface area contributed by atoms with Crippen molar-refractivity contribution < 1.29 is 9.90 Å². The SMILES string of the molecule is CC(CO)NC(=O)CC1CCCCC1. The molecule has 1 fully saturated rings. The van der Waals surface area contributed by atoms with Crippen molar-refractivity contribution in [2.24, 2.45) is 5.92 Å². The van der Waals surface area contributed by atoms with E-state index in [1.165, 1.54) is 32.1 Å². The van der Waals surface area contributed by atoms with Gasteiger partial charge in [0.1, 0.15) is 0 Å². The van der Waals surface area contributed by atoms with Gasteiger partial charge in [0.05, 0.1) is 6.61 Å². The van der Waals surface area contributed by atoms with E-state index in [4.69, 9.17) is 5.11 Å². The fourth-order valence-electron chi connectivity index (χ4n) is 2.03. The van der Waals surface area contributed by atoms with Crippen LogP contribution < -0.4 is 5.32 Å². The van der Waals surface area contributed by atoms with Gasteiger partial charge in [0.2, 0.25) is 5.91 Å². The average Bonchev–Trinajstić information content (AvgIpc) is 2.19. The third kappa shape index (κ3) is 4.09. The van der Waals surface area contributed by atoms with Crippen LogP contribution in [0.5, 0.6) is 0 Å². The lowest BCUT2D eigenvalue weighted by Crippen LogP contribution is -2.36. The smallest absolute Gasteiger partial charge is 0.220 e. The highest BCUT2D eigenvalue weighted by atomic mass is 16.3. The molecule has 1 saturated carbocycles. The Balaban J connectivity index is 2.18. The highest BCUT2D eigenvalue weighted by molar-refractivity contribution is 5.76. The normalized spacial score (nSPS) is 20.4. The van der Waals surface area contributed by atoms with Crippen LogP contribution in [0.2, 0.25) is 0 Å². The van der Waals surface area contributed by atoms with Crippen LogP contribution in [0, 0.1) is 5.92 Å². The van der Waals surface area contributed by atoms with E-state index >= 15 is 0 Å². The summed E-state index contributed by atoms with van der Waals surface area (Å²) >= 11 is 0. The molecule has 0 spiro atoms. The van der Waals surface area contributed by atoms with E-state index in [9.17, 15) is 4.79 Å². The molecular formula is C11H21NO2. The predicted molar refractivity (Wildman–Crippen MR) is 55.9 cm³/mol. The van der Waals surface area contributed by atoms with Crippen LogP contribution in [0.3, 0.4) is 0 Å². The minimum Gasteiger partial charge on any atom is -0.394 e. The second-order valence-corrected chi connectivity index (χ2v) is 4.36. The molecule has 1 amide bonds. The molecule has 82 valence electrons. The second kappa shape index (κ2) is 6.02. The Morgan fingerprint density at radius 3 is 2.64 bits per heavy atom. The Hall–Kier alpha value is -0.570. The van der Waals surface area contributed by atoms with E-state index in [0.29, 0.717) is 12.3 Å². The third-order valence-electron chi connectivity index (χ3n) is 2.88. The summed E-state index contributed by atoms with van der Waals surface area (Å²) in [4.78, 5) is 11.5. The number of hydrogen-bond acceptors (Lipinski definition) is 2. The Kier molecular flexibility index (Phi) is 4.94. The molecular weight excluding hydrogens is 178 g/mol. The van der Waals surface area contributed by atoms with E-state index < -0.39 is 0 Å². The molecule has 1 rings (SSSR count). The summed E-state index contributed by atoms with van der Waals surface area (Å²) < 4.78 is 0. The molecule has 1 aliphatic carbocycles. The van der Waals surface area contributed by atoms with Gasteiger partial charge in [-0.05, 0) is 25.7 Å². The van der Waals surface area contributed by atoms with Gasteiger partial charge in [0.25, 0.3) is 0 Å². The number of hydrogen-bond donors (Lipinski definition) is 2. The third-order valence-corrected chi connectivity index (χ3v) is 2.88. The molecule has 14 heavy (non-hydrogen) atoms. The predicted octanol–water partition coefficient (Wildman–Crippen LogP) is 1.45. The second-order valence-electron chi connectivity index (χ2n) is 4.36. The standard InChI is InChI=1S/C11H21NO2/c1-9(8-13)12-11(14)7-10-5-3-2-4-6-10/h9-10,13H,2-8H2,1H3,(H,12,14). The largest absolute Gasteiger partial charge is 0.394 e. The van der Waals surface area contributed by atoms with Gasteiger partial charge in [0.15, 0.2) is 0 Å². The van der Waals surface area contributed by atoms with Crippen LogP contribution in [0.1, 0.15) is 45.4 Å². The van der Waals surface area contributed by atoms with Crippen molar-refractivity contribution in [3.05, 3.63) is 0 Å². The summed E-state index contributed by atoms with van der Waals surface area (Å²) in [5.74, 6) is 0.674. The Bertz CT molecular complexity index is 176. The van der Waals surface area contributed by atoms with E-state index in [1.807, 2.05) is 6.92 Å². The van der Waals surface area contributed by atoms with Crippen molar-refractivity contribution in [1.29, 1.82) is 0 Å². The number of rotatable bonds is 4. The monoisotopic (exact) mass is 199 g/mol. The molecule has 3 heteroatoms. The van der Waals surface area contributed by atoms with Gasteiger partial charge in [-0.25, -0.2) is 0 Å². The fraction of sp³-hybridized carbons (Fsp3) is 0.909. The van der Waals surface area contributed by atoms with Crippen LogP contribution in [0.15, 0.2) is 0 Å². The van der Waals surface area contributed by atoms with Crippen LogP contribution in [-0.2, 0) is 4.79 Å². The lowest BCUT2D eigenvalue weighted by atomic mass is 9.87. The van der Waals surface area contributed by atoms with Crippen LogP contribution in [0.25, 0.3) is 0 Å². The molecule has 3 nitrogen and oxygen atoms in total. The Morgan fingerprint density at radius 1 is 1.43 bits per heavy atom. The number of carbonyl (C=O) groups is 1. The van der Waals surface area contributed by atoms with Crippen molar-refractivity contribution in [2.75, 3.05) is 6.61 Å². The molecule has 0 aromatic carbocycles. The molecule has 0 radical (unpaired) electrons. The van der Waals surface area contributed by atoms with E-state index in [-0.39, 0.29) is 18.6 Å². The van der Waals surface area contributed by atoms with E-state index in [0.717, 1.165) is 0 Å². The first kappa shape index (κ1) is 11.5. The Morgan fingerprint density at radius 2 is 2.07 bits per heavy atom. The number of amides is 1. The summed E-state index contributed by atoms with van der Waals surface area (Å²) in [7, 11) is 0. The van der Waals surface area contributed by atoms with Gasteiger partial charge >= 0.3 is 0 Å². The average molecular weight is 199 g/mol. The number of aliphatic hydroxyl groups excluding tert-OH is 1. The lowest BCUT2D eigenvalue weighted by Gasteiger charge is -2.21. The van der Waals surface area contributed by atoms with Crippen molar-refractivity contribution in [1.82, 2.24) is 5.32 Å². The fourth-order valence-corrected chi connectivity index (χ4v) is 2.03. The quantitative estimate of drug-likeness (QED) is 0.720. The first-order chi connectivity index (χ1) is 6.72. The minimum atomic E-state index is -0.105. The van der Waals surface area contributed by atoms with Crippen molar-refractivity contribution in [3.63, 3.8) is 0 Å². The maximum Gasteiger partial charge on any atom is 0.220 e. The Labute approximate surface area is 85.9 Å². The number of aliphatic hydroxyl groups is 1. The first-order valence-corrected chi connectivity index (χ1v) is 5.62. The molecule has 1 unspecified atom stereocenters. The van der Waals surface area contributed by atoms with Crippen molar-refractivity contribution in [2.45, 2.75) is 51.5 Å². The zero-order valence-corrected chi connectivity index (χ0v) is 8.96. The maximum absolute atomic E-state index is 11.5. The van der Waals surface area contributed by atoms with Gasteiger partial charge in [-0.2, -0.15) is 0 Å². The van der Waals surface area contributed by atoms with E-state index in [2.05, 4.69) is 5.32 Å². The zero-order chi connectivity index (χ0) is 10.4. The molecule has 1 atom stereocenters. The molecule has 2 N–H and O–H groups in total. The number of nitrogens with one attached hydrogen (secondary N) is 1. The topological polar surface area (TPSA) is 49.3 Å². The van der Waals surface area contributed by atoms with Crippen LogP contribution >= 0.6 is 0 Å². The zero-order valence-electron chi connectivity index (χ0n) is 8.96. The number of carbonyl (C=O) groups excluding carboxylic acids is 1. The molecule has 0 aromatic rings. The van der Waals surface area contributed by atoms with Crippen LogP contribution in [0.4, 0.5) is 0 Å². The summed E-state index contributed by atoms with van der Waals surface area (Å²) in [5.41, 5.74) is 0. The first-order valence-electron chi connectivity index (χ1n) is 5.62. The van der Waals surface area contributed by atoms with Gasteiger partial charge < -0.3 is 10.4 Å². The molecule has 0 aromatic heterocycles. The molecule has 0 heterocycles. The minimum absolute atomic E-state index is 0.0242. The molecule has 0 bridgehead atoms. The highest BCUT2D eigenvalue weighted by Crippen LogP contribution is 2.25. The summed E-state index contributed by atoms with van der Waals surface area (Å²) in [5, 5.41) is 11.6. The van der Waals surface area contributed by atoms with Gasteiger partial charge in [-0.3, -0.25) is 4.79 Å². The van der Waals surface area contributed by atoms with E-state index in [1.54, 1.807) is 0 Å². The van der Waals surface area contributed by atoms with Crippen molar-refractivity contribution in [3.8, 4) is 0 Å². The molecule has 0 aliphatic heterocycles. The van der Waals surface area contributed by atoms with Gasteiger partial charge in [0, 0.05) is 12.5 Å². The summed E-state index contributed by atoms with van der Waals surface area (Å²) in [6.45, 7) is 1.84. The van der Waals surface area contributed by atoms with Crippen LogP contribution in [-0.4, -0.2) is 23.7 Å². The van der Waals surface area contributed by atoms with Gasteiger partial charge in [-0.15, -0.1) is 0 Å². The highest BCUT2D eigenvalue weighted by Gasteiger charge is 2.17. The van der Waals surface area contributed by atoms with Crippen molar-refractivity contribution >= 4 is 5.91 Å². The summed E-state index contributed by atoms with van der Waals surface area (Å²) in [6, 6.07) is -0.105. The van der Waals surface area contributed by atoms with Gasteiger partial charge in [-0.1, -0.05) is 19.3 Å². The summed E-state index contributed by atoms with van der Waals surface area (Å²) in [6.07, 6.45) is 6.90. The molecule has 0 saturated heterocycles. The molecule has 1 aliphatic rings. The maximum atomic E-state index is 11.5. The lowest BCUT2D eigenvalue weighted by molar-refractivity contribution is -0.123.